The van der Waals surface area contributed by atoms with Crippen LogP contribution in [0.2, 0.25) is 5.02 Å². The molecule has 1 atom stereocenters. The molecule has 0 unspecified atom stereocenters. The van der Waals surface area contributed by atoms with E-state index in [9.17, 15) is 9.59 Å². The fourth-order valence-corrected chi connectivity index (χ4v) is 3.26. The highest BCUT2D eigenvalue weighted by Gasteiger charge is 2.33. The van der Waals surface area contributed by atoms with Gasteiger partial charge < -0.3 is 10.2 Å². The summed E-state index contributed by atoms with van der Waals surface area (Å²) in [6, 6.07) is 16.5. The zero-order chi connectivity index (χ0) is 17.6. The van der Waals surface area contributed by atoms with Crippen LogP contribution in [-0.4, -0.2) is 29.3 Å². The van der Waals surface area contributed by atoms with Gasteiger partial charge in [-0.3, -0.25) is 9.59 Å². The molecule has 2 amide bonds. The quantitative estimate of drug-likeness (QED) is 0.883. The van der Waals surface area contributed by atoms with Gasteiger partial charge in [0.05, 0.1) is 0 Å². The number of anilines is 1. The van der Waals surface area contributed by atoms with Gasteiger partial charge in [0, 0.05) is 23.7 Å². The van der Waals surface area contributed by atoms with Crippen molar-refractivity contribution in [3.8, 4) is 0 Å². The SMILES string of the molecule is O=C(Nc1ccc(Cl)cc1)[C@H]1CCCN1C(=O)CCc1ccccc1. The Morgan fingerprint density at radius 1 is 1.08 bits per heavy atom. The van der Waals surface area contributed by atoms with Crippen molar-refractivity contribution in [3.05, 3.63) is 65.2 Å². The minimum absolute atomic E-state index is 0.0395. The van der Waals surface area contributed by atoms with Crippen LogP contribution >= 0.6 is 11.6 Å². The summed E-state index contributed by atoms with van der Waals surface area (Å²) in [4.78, 5) is 26.8. The topological polar surface area (TPSA) is 49.4 Å². The Bertz CT molecular complexity index is 731. The Balaban J connectivity index is 1.58. The van der Waals surface area contributed by atoms with Gasteiger partial charge in [0.15, 0.2) is 0 Å². The first kappa shape index (κ1) is 17.5. The number of benzene rings is 2. The van der Waals surface area contributed by atoms with Gasteiger partial charge in [0.1, 0.15) is 6.04 Å². The van der Waals surface area contributed by atoms with Crippen molar-refractivity contribution < 1.29 is 9.59 Å². The predicted octanol–water partition coefficient (Wildman–Crippen LogP) is 3.90. The number of likely N-dealkylation sites (tertiary alicyclic amines) is 1. The number of rotatable bonds is 5. The van der Waals surface area contributed by atoms with Crippen molar-refractivity contribution in [2.45, 2.75) is 31.7 Å². The first-order valence-corrected chi connectivity index (χ1v) is 8.91. The molecule has 0 aliphatic carbocycles. The maximum absolute atomic E-state index is 12.6. The number of halogens is 1. The zero-order valence-electron chi connectivity index (χ0n) is 14.0. The summed E-state index contributed by atoms with van der Waals surface area (Å²) in [6.07, 6.45) is 2.68. The smallest absolute Gasteiger partial charge is 0.247 e. The Morgan fingerprint density at radius 2 is 1.80 bits per heavy atom. The van der Waals surface area contributed by atoms with Crippen LogP contribution in [0.5, 0.6) is 0 Å². The summed E-state index contributed by atoms with van der Waals surface area (Å²) in [5.74, 6) is -0.0921. The minimum atomic E-state index is -0.390. The van der Waals surface area contributed by atoms with E-state index in [2.05, 4.69) is 5.32 Å². The molecule has 25 heavy (non-hydrogen) atoms. The molecule has 1 N–H and O–H groups in total. The van der Waals surface area contributed by atoms with Crippen molar-refractivity contribution >= 4 is 29.1 Å². The van der Waals surface area contributed by atoms with E-state index in [1.807, 2.05) is 30.3 Å². The van der Waals surface area contributed by atoms with E-state index in [0.717, 1.165) is 12.0 Å². The number of nitrogens with one attached hydrogen (secondary N) is 1. The average molecular weight is 357 g/mol. The molecule has 1 fully saturated rings. The molecule has 2 aromatic carbocycles. The number of hydrogen-bond donors (Lipinski definition) is 1. The second kappa shape index (κ2) is 8.17. The molecular formula is C20H21ClN2O2. The van der Waals surface area contributed by atoms with Crippen LogP contribution in [0.25, 0.3) is 0 Å². The highest BCUT2D eigenvalue weighted by atomic mass is 35.5. The molecular weight excluding hydrogens is 336 g/mol. The Kier molecular flexibility index (Phi) is 5.71. The third kappa shape index (κ3) is 4.60. The molecule has 1 saturated heterocycles. The maximum atomic E-state index is 12.6. The van der Waals surface area contributed by atoms with Crippen LogP contribution in [0.3, 0.4) is 0 Å². The molecule has 5 heteroatoms. The Labute approximate surface area is 152 Å². The lowest BCUT2D eigenvalue weighted by Gasteiger charge is -2.24. The lowest BCUT2D eigenvalue weighted by molar-refractivity contribution is -0.136. The maximum Gasteiger partial charge on any atom is 0.247 e. The lowest BCUT2D eigenvalue weighted by Crippen LogP contribution is -2.43. The van der Waals surface area contributed by atoms with Crippen molar-refractivity contribution in [1.29, 1.82) is 0 Å². The molecule has 0 bridgehead atoms. The number of aryl methyl sites for hydroxylation is 1. The zero-order valence-corrected chi connectivity index (χ0v) is 14.7. The molecule has 0 aromatic heterocycles. The normalized spacial score (nSPS) is 16.7. The van der Waals surface area contributed by atoms with E-state index in [0.29, 0.717) is 36.5 Å². The fourth-order valence-electron chi connectivity index (χ4n) is 3.14. The van der Waals surface area contributed by atoms with Gasteiger partial charge >= 0.3 is 0 Å². The molecule has 2 aromatic rings. The van der Waals surface area contributed by atoms with Crippen molar-refractivity contribution in [2.24, 2.45) is 0 Å². The fraction of sp³-hybridized carbons (Fsp3) is 0.300. The van der Waals surface area contributed by atoms with E-state index in [-0.39, 0.29) is 17.9 Å². The van der Waals surface area contributed by atoms with E-state index in [4.69, 9.17) is 11.6 Å². The predicted molar refractivity (Wildman–Crippen MR) is 99.6 cm³/mol. The monoisotopic (exact) mass is 356 g/mol. The number of nitrogens with zero attached hydrogens (tertiary/aromatic N) is 1. The number of hydrogen-bond acceptors (Lipinski definition) is 2. The molecule has 1 heterocycles. The Morgan fingerprint density at radius 3 is 2.52 bits per heavy atom. The van der Waals surface area contributed by atoms with Crippen LogP contribution in [0.4, 0.5) is 5.69 Å². The molecule has 3 rings (SSSR count). The molecule has 1 aliphatic rings. The van der Waals surface area contributed by atoms with Gasteiger partial charge in [0.25, 0.3) is 0 Å². The Hall–Kier alpha value is -2.33. The first-order valence-electron chi connectivity index (χ1n) is 8.53. The standard InChI is InChI=1S/C20H21ClN2O2/c21-16-9-11-17(12-10-16)22-20(25)18-7-4-14-23(18)19(24)13-8-15-5-2-1-3-6-15/h1-3,5-6,9-12,18H,4,7-8,13-14H2,(H,22,25)/t18-/m1/s1. The number of carbonyl (C=O) groups excluding carboxylic acids is 2. The minimum Gasteiger partial charge on any atom is -0.331 e. The van der Waals surface area contributed by atoms with Gasteiger partial charge in [-0.1, -0.05) is 41.9 Å². The molecule has 0 saturated carbocycles. The molecule has 1 aliphatic heterocycles. The first-order chi connectivity index (χ1) is 12.1. The number of carbonyl (C=O) groups is 2. The van der Waals surface area contributed by atoms with Crippen LogP contribution in [0, 0.1) is 0 Å². The van der Waals surface area contributed by atoms with E-state index < -0.39 is 0 Å². The highest BCUT2D eigenvalue weighted by molar-refractivity contribution is 6.30. The summed E-state index contributed by atoms with van der Waals surface area (Å²) < 4.78 is 0. The summed E-state index contributed by atoms with van der Waals surface area (Å²) in [5.41, 5.74) is 1.83. The largest absolute Gasteiger partial charge is 0.331 e. The highest BCUT2D eigenvalue weighted by Crippen LogP contribution is 2.21. The van der Waals surface area contributed by atoms with E-state index in [1.54, 1.807) is 29.2 Å². The van der Waals surface area contributed by atoms with Crippen molar-refractivity contribution in [2.75, 3.05) is 11.9 Å². The van der Waals surface area contributed by atoms with Crippen LogP contribution in [0.1, 0.15) is 24.8 Å². The summed E-state index contributed by atoms with van der Waals surface area (Å²) in [7, 11) is 0. The third-order valence-corrected chi connectivity index (χ3v) is 4.71. The number of amides is 2. The second-order valence-electron chi connectivity index (χ2n) is 6.23. The summed E-state index contributed by atoms with van der Waals surface area (Å²) in [5, 5.41) is 3.50. The molecule has 4 nitrogen and oxygen atoms in total. The molecule has 130 valence electrons. The van der Waals surface area contributed by atoms with E-state index in [1.165, 1.54) is 0 Å². The van der Waals surface area contributed by atoms with Crippen molar-refractivity contribution in [3.63, 3.8) is 0 Å². The van der Waals surface area contributed by atoms with Gasteiger partial charge in [-0.05, 0) is 49.1 Å². The average Bonchev–Trinajstić information content (AvgIpc) is 3.12. The second-order valence-corrected chi connectivity index (χ2v) is 6.66. The van der Waals surface area contributed by atoms with Crippen LogP contribution < -0.4 is 5.32 Å². The van der Waals surface area contributed by atoms with Crippen LogP contribution in [-0.2, 0) is 16.0 Å². The third-order valence-electron chi connectivity index (χ3n) is 4.46. The van der Waals surface area contributed by atoms with Gasteiger partial charge in [-0.25, -0.2) is 0 Å². The molecule has 0 spiro atoms. The summed E-state index contributed by atoms with van der Waals surface area (Å²) in [6.45, 7) is 0.645. The van der Waals surface area contributed by atoms with Crippen molar-refractivity contribution in [1.82, 2.24) is 4.90 Å². The molecule has 0 radical (unpaired) electrons. The lowest BCUT2D eigenvalue weighted by atomic mass is 10.1. The van der Waals surface area contributed by atoms with Gasteiger partial charge in [-0.2, -0.15) is 0 Å². The van der Waals surface area contributed by atoms with E-state index >= 15 is 0 Å². The van der Waals surface area contributed by atoms with Gasteiger partial charge in [-0.15, -0.1) is 0 Å². The summed E-state index contributed by atoms with van der Waals surface area (Å²) >= 11 is 5.86. The van der Waals surface area contributed by atoms with Crippen LogP contribution in [0.15, 0.2) is 54.6 Å². The van der Waals surface area contributed by atoms with Gasteiger partial charge in [0.2, 0.25) is 11.8 Å².